The maximum absolute atomic E-state index is 11.1. The van der Waals surface area contributed by atoms with Crippen molar-refractivity contribution in [3.05, 3.63) is 77.2 Å². The van der Waals surface area contributed by atoms with Gasteiger partial charge in [-0.25, -0.2) is 0 Å². The fraction of sp³-hybridized carbons (Fsp3) is 0.167. The van der Waals surface area contributed by atoms with Gasteiger partial charge < -0.3 is 10.8 Å². The van der Waals surface area contributed by atoms with Crippen LogP contribution in [0.3, 0.4) is 0 Å². The van der Waals surface area contributed by atoms with E-state index in [4.69, 9.17) is 10.8 Å². The maximum Gasteiger partial charge on any atom is 0.307 e. The van der Waals surface area contributed by atoms with Gasteiger partial charge in [0.1, 0.15) is 0 Å². The van der Waals surface area contributed by atoms with E-state index in [1.165, 1.54) is 0 Å². The van der Waals surface area contributed by atoms with E-state index in [1.807, 2.05) is 36.4 Å². The van der Waals surface area contributed by atoms with E-state index in [0.29, 0.717) is 5.56 Å². The minimum absolute atomic E-state index is 0.0322. The molecule has 1 amide bonds. The lowest BCUT2D eigenvalue weighted by atomic mass is 9.92. The van der Waals surface area contributed by atoms with Gasteiger partial charge in [0.2, 0.25) is 5.91 Å². The maximum atomic E-state index is 11.1. The highest BCUT2D eigenvalue weighted by Gasteiger charge is 2.09. The number of hydrogen-bond acceptors (Lipinski definition) is 2. The van der Waals surface area contributed by atoms with Gasteiger partial charge in [-0.3, -0.25) is 9.59 Å². The number of benzene rings is 2. The van der Waals surface area contributed by atoms with E-state index in [0.717, 1.165) is 16.7 Å². The van der Waals surface area contributed by atoms with Crippen LogP contribution < -0.4 is 5.73 Å². The van der Waals surface area contributed by atoms with Crippen LogP contribution in [0.1, 0.15) is 39.9 Å². The first-order chi connectivity index (χ1) is 10.5. The van der Waals surface area contributed by atoms with E-state index in [2.05, 4.69) is 13.3 Å². The Morgan fingerprint density at radius 3 is 2.18 bits per heavy atom. The standard InChI is InChI=1S/C18H18NO3/c1-12(15-6-8-16(9-7-15)18(19)22)10-13-2-4-14(5-3-13)11-17(20)21/h2-10,12H,11H2,1H3,(H2,19,22)(H,20,21). The molecule has 22 heavy (non-hydrogen) atoms. The summed E-state index contributed by atoms with van der Waals surface area (Å²) in [5.41, 5.74) is 8.61. The third-order valence-corrected chi connectivity index (χ3v) is 3.50. The van der Waals surface area contributed by atoms with Gasteiger partial charge >= 0.3 is 5.97 Å². The Morgan fingerprint density at radius 2 is 1.68 bits per heavy atom. The fourth-order valence-electron chi connectivity index (χ4n) is 2.26. The molecule has 1 atom stereocenters. The second-order valence-corrected chi connectivity index (χ2v) is 5.25. The number of primary amides is 1. The first kappa shape index (κ1) is 15.8. The minimum Gasteiger partial charge on any atom is -0.481 e. The molecule has 0 heterocycles. The summed E-state index contributed by atoms with van der Waals surface area (Å²) in [5, 5.41) is 8.75. The van der Waals surface area contributed by atoms with Crippen molar-refractivity contribution in [2.24, 2.45) is 5.73 Å². The number of carboxylic acid groups (broad SMARTS) is 1. The Hall–Kier alpha value is -2.62. The topological polar surface area (TPSA) is 80.4 Å². The average Bonchev–Trinajstić information content (AvgIpc) is 2.49. The second-order valence-electron chi connectivity index (χ2n) is 5.25. The van der Waals surface area contributed by atoms with Gasteiger partial charge in [0.15, 0.2) is 0 Å². The first-order valence-corrected chi connectivity index (χ1v) is 7.01. The SMILES string of the molecule is CC([CH]c1ccc(CC(=O)O)cc1)c1ccc(C(N)=O)cc1. The zero-order chi connectivity index (χ0) is 16.1. The van der Waals surface area contributed by atoms with E-state index >= 15 is 0 Å². The molecule has 0 fully saturated rings. The van der Waals surface area contributed by atoms with Crippen LogP contribution in [0.2, 0.25) is 0 Å². The van der Waals surface area contributed by atoms with Crippen molar-refractivity contribution in [2.75, 3.05) is 0 Å². The summed E-state index contributed by atoms with van der Waals surface area (Å²) >= 11 is 0. The molecule has 0 aliphatic carbocycles. The molecule has 113 valence electrons. The monoisotopic (exact) mass is 296 g/mol. The molecular formula is C18H18NO3. The zero-order valence-corrected chi connectivity index (χ0v) is 12.3. The molecule has 0 aliphatic heterocycles. The summed E-state index contributed by atoms with van der Waals surface area (Å²) in [7, 11) is 0. The summed E-state index contributed by atoms with van der Waals surface area (Å²) in [6.07, 6.45) is 2.12. The van der Waals surface area contributed by atoms with Gasteiger partial charge in [-0.15, -0.1) is 0 Å². The number of amides is 1. The summed E-state index contributed by atoms with van der Waals surface area (Å²) in [6.45, 7) is 2.06. The Morgan fingerprint density at radius 1 is 1.09 bits per heavy atom. The Kier molecular flexibility index (Phi) is 4.94. The molecule has 0 saturated heterocycles. The molecule has 0 saturated carbocycles. The van der Waals surface area contributed by atoms with Crippen molar-refractivity contribution in [3.63, 3.8) is 0 Å². The highest BCUT2D eigenvalue weighted by Crippen LogP contribution is 2.23. The highest BCUT2D eigenvalue weighted by molar-refractivity contribution is 5.92. The molecule has 1 unspecified atom stereocenters. The van der Waals surface area contributed by atoms with E-state index in [9.17, 15) is 9.59 Å². The summed E-state index contributed by atoms with van der Waals surface area (Å²) < 4.78 is 0. The lowest BCUT2D eigenvalue weighted by molar-refractivity contribution is -0.136. The van der Waals surface area contributed by atoms with Crippen LogP contribution in [0.5, 0.6) is 0 Å². The van der Waals surface area contributed by atoms with E-state index < -0.39 is 11.9 Å². The van der Waals surface area contributed by atoms with Gasteiger partial charge in [-0.05, 0) is 41.2 Å². The molecule has 2 aromatic rings. The molecule has 0 spiro atoms. The quantitative estimate of drug-likeness (QED) is 0.860. The number of carbonyl (C=O) groups is 2. The van der Waals surface area contributed by atoms with Crippen molar-refractivity contribution in [2.45, 2.75) is 19.3 Å². The predicted octanol–water partition coefficient (Wildman–Crippen LogP) is 2.77. The third-order valence-electron chi connectivity index (χ3n) is 3.50. The van der Waals surface area contributed by atoms with Gasteiger partial charge in [-0.2, -0.15) is 0 Å². The number of rotatable bonds is 6. The number of carbonyl (C=O) groups excluding carboxylic acids is 1. The average molecular weight is 296 g/mol. The van der Waals surface area contributed by atoms with Crippen LogP contribution >= 0.6 is 0 Å². The predicted molar refractivity (Wildman–Crippen MR) is 84.6 cm³/mol. The lowest BCUT2D eigenvalue weighted by Crippen LogP contribution is -2.10. The second kappa shape index (κ2) is 6.89. The Bertz CT molecular complexity index is 660. The zero-order valence-electron chi connectivity index (χ0n) is 12.3. The summed E-state index contributed by atoms with van der Waals surface area (Å²) in [4.78, 5) is 21.7. The van der Waals surface area contributed by atoms with Crippen LogP contribution in [0.25, 0.3) is 0 Å². The van der Waals surface area contributed by atoms with Crippen molar-refractivity contribution in [3.8, 4) is 0 Å². The number of aliphatic carboxylic acids is 1. The third kappa shape index (κ3) is 4.19. The largest absolute Gasteiger partial charge is 0.481 e. The molecule has 0 aromatic heterocycles. The van der Waals surface area contributed by atoms with Crippen LogP contribution in [0.15, 0.2) is 48.5 Å². The molecule has 2 rings (SSSR count). The van der Waals surface area contributed by atoms with Gasteiger partial charge in [0.05, 0.1) is 6.42 Å². The van der Waals surface area contributed by atoms with Gasteiger partial charge in [0, 0.05) is 5.56 Å². The van der Waals surface area contributed by atoms with Crippen molar-refractivity contribution in [1.29, 1.82) is 0 Å². The smallest absolute Gasteiger partial charge is 0.307 e. The van der Waals surface area contributed by atoms with Crippen molar-refractivity contribution in [1.82, 2.24) is 0 Å². The van der Waals surface area contributed by atoms with Crippen molar-refractivity contribution < 1.29 is 14.7 Å². The van der Waals surface area contributed by atoms with Gasteiger partial charge in [-0.1, -0.05) is 43.3 Å². The number of hydrogen-bond donors (Lipinski definition) is 2. The number of carboxylic acids is 1. The van der Waals surface area contributed by atoms with E-state index in [1.54, 1.807) is 12.1 Å². The Balaban J connectivity index is 2.03. The summed E-state index contributed by atoms with van der Waals surface area (Å²) in [6, 6.07) is 14.7. The molecule has 4 heteroatoms. The molecule has 4 nitrogen and oxygen atoms in total. The van der Waals surface area contributed by atoms with Gasteiger partial charge in [0.25, 0.3) is 0 Å². The molecule has 1 radical (unpaired) electrons. The first-order valence-electron chi connectivity index (χ1n) is 7.01. The normalized spacial score (nSPS) is 11.9. The van der Waals surface area contributed by atoms with Crippen LogP contribution in [-0.4, -0.2) is 17.0 Å². The summed E-state index contributed by atoms with van der Waals surface area (Å²) in [5.74, 6) is -1.09. The van der Waals surface area contributed by atoms with Crippen LogP contribution in [0, 0.1) is 6.42 Å². The molecule has 0 aliphatic rings. The van der Waals surface area contributed by atoms with Crippen LogP contribution in [-0.2, 0) is 11.2 Å². The molecule has 3 N–H and O–H groups in total. The highest BCUT2D eigenvalue weighted by atomic mass is 16.4. The molecule has 2 aromatic carbocycles. The molecule has 0 bridgehead atoms. The van der Waals surface area contributed by atoms with Crippen LogP contribution in [0.4, 0.5) is 0 Å². The fourth-order valence-corrected chi connectivity index (χ4v) is 2.26. The van der Waals surface area contributed by atoms with E-state index in [-0.39, 0.29) is 12.3 Å². The minimum atomic E-state index is -0.834. The number of nitrogens with two attached hydrogens (primary N) is 1. The lowest BCUT2D eigenvalue weighted by Gasteiger charge is -2.12. The Labute approximate surface area is 129 Å². The molecular weight excluding hydrogens is 278 g/mol. The van der Waals surface area contributed by atoms with Crippen molar-refractivity contribution >= 4 is 11.9 Å².